The number of allylic oxidation sites excluding steroid dienone is 3. The number of terminal acetylenes is 1. The molecule has 0 saturated heterocycles. The minimum Gasteiger partial charge on any atom is -0.273 e. The number of alkyl halides is 3. The number of aromatic amines is 1. The summed E-state index contributed by atoms with van der Waals surface area (Å²) < 4.78 is 36.7. The number of nitrogens with zero attached hydrogens (tertiary/aromatic N) is 1. The van der Waals surface area contributed by atoms with Crippen LogP contribution in [0.15, 0.2) is 24.3 Å². The summed E-state index contributed by atoms with van der Waals surface area (Å²) in [6.45, 7) is 15.1. The van der Waals surface area contributed by atoms with Crippen molar-refractivity contribution in [3.8, 4) is 12.3 Å². The Bertz CT molecular complexity index is 525. The van der Waals surface area contributed by atoms with E-state index in [-0.39, 0.29) is 5.92 Å². The van der Waals surface area contributed by atoms with E-state index in [0.717, 1.165) is 18.1 Å². The van der Waals surface area contributed by atoms with Gasteiger partial charge in [-0.2, -0.15) is 18.3 Å². The van der Waals surface area contributed by atoms with Gasteiger partial charge in [-0.05, 0) is 38.3 Å². The standard InChI is InChI=1S/C10H13F3N2.C4H8.C4H6/c1-6(2)4-7(3)8-5-9(15-14-8)10(11,12)13;1-4(2)3;1-3-4-2/h4-6H,1-3H3,(H,14,15);1H2,2-3H3;1H,4H2,2H3/b7-4+;;. The minimum atomic E-state index is -4.36. The average Bonchev–Trinajstić information content (AvgIpc) is 2.87. The first-order valence-corrected chi connectivity index (χ1v) is 7.32. The summed E-state index contributed by atoms with van der Waals surface area (Å²) in [7, 11) is 0. The van der Waals surface area contributed by atoms with Crippen LogP contribution in [0.1, 0.15) is 59.4 Å². The number of H-pyrrole nitrogens is 1. The number of nitrogens with one attached hydrogen (secondary N) is 1. The average molecular weight is 328 g/mol. The van der Waals surface area contributed by atoms with Crippen LogP contribution in [0, 0.1) is 18.3 Å². The van der Waals surface area contributed by atoms with Gasteiger partial charge >= 0.3 is 6.18 Å². The molecule has 130 valence electrons. The number of aromatic nitrogens is 2. The highest BCUT2D eigenvalue weighted by Crippen LogP contribution is 2.29. The van der Waals surface area contributed by atoms with Gasteiger partial charge in [-0.1, -0.05) is 32.4 Å². The lowest BCUT2D eigenvalue weighted by molar-refractivity contribution is -0.141. The molecular formula is C18H27F3N2. The highest BCUT2D eigenvalue weighted by atomic mass is 19.4. The van der Waals surface area contributed by atoms with E-state index in [2.05, 4.69) is 17.6 Å². The third-order valence-electron chi connectivity index (χ3n) is 2.07. The molecule has 2 nitrogen and oxygen atoms in total. The molecule has 0 aliphatic rings. The Hall–Kier alpha value is -1.96. The predicted molar refractivity (Wildman–Crippen MR) is 91.7 cm³/mol. The predicted octanol–water partition coefficient (Wildman–Crippen LogP) is 6.10. The van der Waals surface area contributed by atoms with Crippen LogP contribution in [0.4, 0.5) is 13.2 Å². The highest BCUT2D eigenvalue weighted by Gasteiger charge is 2.33. The van der Waals surface area contributed by atoms with E-state index in [9.17, 15) is 13.2 Å². The van der Waals surface area contributed by atoms with E-state index in [0.29, 0.717) is 5.69 Å². The molecule has 1 rings (SSSR count). The molecule has 0 radical (unpaired) electrons. The fourth-order valence-corrected chi connectivity index (χ4v) is 1.25. The van der Waals surface area contributed by atoms with Gasteiger partial charge in [0.05, 0.1) is 5.69 Å². The number of hydrogen-bond donors (Lipinski definition) is 1. The molecule has 0 aliphatic heterocycles. The first-order chi connectivity index (χ1) is 10.4. The maximum atomic E-state index is 12.2. The summed E-state index contributed by atoms with van der Waals surface area (Å²) in [6, 6.07) is 1.02. The lowest BCUT2D eigenvalue weighted by Crippen LogP contribution is -2.04. The third-order valence-corrected chi connectivity index (χ3v) is 2.07. The van der Waals surface area contributed by atoms with Crippen LogP contribution in [0.5, 0.6) is 0 Å². The maximum absolute atomic E-state index is 12.2. The molecule has 0 atom stereocenters. The Balaban J connectivity index is 0. The van der Waals surface area contributed by atoms with E-state index in [1.165, 1.54) is 5.57 Å². The third kappa shape index (κ3) is 13.4. The van der Waals surface area contributed by atoms with E-state index in [1.807, 2.05) is 45.8 Å². The molecule has 1 heterocycles. The second-order valence-corrected chi connectivity index (χ2v) is 5.52. The van der Waals surface area contributed by atoms with Crippen molar-refractivity contribution in [1.82, 2.24) is 10.2 Å². The number of halogens is 3. The first kappa shape index (κ1) is 23.3. The van der Waals surface area contributed by atoms with Crippen LogP contribution in [-0.2, 0) is 6.18 Å². The van der Waals surface area contributed by atoms with Crippen molar-refractivity contribution in [2.45, 2.75) is 54.1 Å². The lowest BCUT2D eigenvalue weighted by atomic mass is 10.1. The highest BCUT2D eigenvalue weighted by molar-refractivity contribution is 5.60. The van der Waals surface area contributed by atoms with Gasteiger partial charge in [0.2, 0.25) is 0 Å². The van der Waals surface area contributed by atoms with Gasteiger partial charge < -0.3 is 0 Å². The van der Waals surface area contributed by atoms with Gasteiger partial charge in [-0.3, -0.25) is 5.10 Å². The maximum Gasteiger partial charge on any atom is 0.432 e. The second kappa shape index (κ2) is 11.6. The fraction of sp³-hybridized carbons (Fsp3) is 0.500. The van der Waals surface area contributed by atoms with Gasteiger partial charge in [0.25, 0.3) is 0 Å². The van der Waals surface area contributed by atoms with Crippen LogP contribution >= 0.6 is 0 Å². The zero-order valence-corrected chi connectivity index (χ0v) is 14.8. The quantitative estimate of drug-likeness (QED) is 0.516. The number of rotatable bonds is 2. The molecule has 0 unspecified atom stereocenters. The van der Waals surface area contributed by atoms with Crippen LogP contribution in [0.3, 0.4) is 0 Å². The first-order valence-electron chi connectivity index (χ1n) is 7.32. The second-order valence-electron chi connectivity index (χ2n) is 5.52. The molecule has 0 amide bonds. The summed E-state index contributed by atoms with van der Waals surface area (Å²) in [5.41, 5.74) is 1.45. The Labute approximate surface area is 137 Å². The van der Waals surface area contributed by atoms with Crippen molar-refractivity contribution in [2.75, 3.05) is 0 Å². The molecule has 0 aliphatic carbocycles. The van der Waals surface area contributed by atoms with Gasteiger partial charge in [0.1, 0.15) is 5.69 Å². The lowest BCUT2D eigenvalue weighted by Gasteiger charge is -2.00. The van der Waals surface area contributed by atoms with Crippen molar-refractivity contribution in [3.63, 3.8) is 0 Å². The minimum absolute atomic E-state index is 0.288. The zero-order valence-electron chi connectivity index (χ0n) is 14.8. The smallest absolute Gasteiger partial charge is 0.273 e. The van der Waals surface area contributed by atoms with E-state index >= 15 is 0 Å². The van der Waals surface area contributed by atoms with Gasteiger partial charge in [-0.15, -0.1) is 18.9 Å². The van der Waals surface area contributed by atoms with Crippen molar-refractivity contribution >= 4 is 5.57 Å². The Morgan fingerprint density at radius 3 is 2.09 bits per heavy atom. The van der Waals surface area contributed by atoms with Crippen molar-refractivity contribution in [2.24, 2.45) is 5.92 Å². The molecular weight excluding hydrogens is 301 g/mol. The SMILES string of the molecule is C#CCC.C/C(=C\C(C)C)c1cc(C(F)(F)F)[nH]n1.C=C(C)C. The van der Waals surface area contributed by atoms with Crippen LogP contribution < -0.4 is 0 Å². The number of hydrogen-bond acceptors (Lipinski definition) is 1. The normalized spacial score (nSPS) is 10.9. The summed E-state index contributed by atoms with van der Waals surface area (Å²) in [5, 5.41) is 5.61. The van der Waals surface area contributed by atoms with Gasteiger partial charge in [0.15, 0.2) is 0 Å². The Morgan fingerprint density at radius 2 is 1.83 bits per heavy atom. The van der Waals surface area contributed by atoms with Crippen molar-refractivity contribution in [1.29, 1.82) is 0 Å². The zero-order chi connectivity index (χ0) is 18.6. The monoisotopic (exact) mass is 328 g/mol. The van der Waals surface area contributed by atoms with Crippen molar-refractivity contribution < 1.29 is 13.2 Å². The molecule has 23 heavy (non-hydrogen) atoms. The van der Waals surface area contributed by atoms with Gasteiger partial charge in [0, 0.05) is 6.42 Å². The molecule has 0 spiro atoms. The van der Waals surface area contributed by atoms with E-state index in [1.54, 1.807) is 6.92 Å². The topological polar surface area (TPSA) is 28.7 Å². The molecule has 0 bridgehead atoms. The van der Waals surface area contributed by atoms with Gasteiger partial charge in [-0.25, -0.2) is 0 Å². The fourth-order valence-electron chi connectivity index (χ4n) is 1.25. The Morgan fingerprint density at radius 1 is 1.39 bits per heavy atom. The van der Waals surface area contributed by atoms with Crippen LogP contribution in [0.2, 0.25) is 0 Å². The molecule has 1 N–H and O–H groups in total. The molecule has 0 saturated carbocycles. The van der Waals surface area contributed by atoms with Crippen molar-refractivity contribution in [3.05, 3.63) is 35.7 Å². The summed E-state index contributed by atoms with van der Waals surface area (Å²) in [6.07, 6.45) is 3.14. The van der Waals surface area contributed by atoms with Crippen LogP contribution in [0.25, 0.3) is 5.57 Å². The Kier molecular flexibility index (Phi) is 11.7. The molecule has 1 aromatic rings. The largest absolute Gasteiger partial charge is 0.432 e. The van der Waals surface area contributed by atoms with E-state index in [4.69, 9.17) is 6.42 Å². The summed E-state index contributed by atoms with van der Waals surface area (Å²) >= 11 is 0. The summed E-state index contributed by atoms with van der Waals surface area (Å²) in [4.78, 5) is 0. The van der Waals surface area contributed by atoms with Crippen LogP contribution in [-0.4, -0.2) is 10.2 Å². The molecule has 1 aromatic heterocycles. The molecule has 0 aromatic carbocycles. The molecule has 0 fully saturated rings. The molecule has 5 heteroatoms. The summed E-state index contributed by atoms with van der Waals surface area (Å²) in [5.74, 6) is 2.72. The van der Waals surface area contributed by atoms with E-state index < -0.39 is 11.9 Å².